The Kier molecular flexibility index (Phi) is 7.16. The van der Waals surface area contributed by atoms with Gasteiger partial charge in [0.2, 0.25) is 5.91 Å². The summed E-state index contributed by atoms with van der Waals surface area (Å²) in [5.74, 6) is 0.300. The summed E-state index contributed by atoms with van der Waals surface area (Å²) in [6.45, 7) is 5.48. The number of hydrogen-bond donors (Lipinski definition) is 2. The summed E-state index contributed by atoms with van der Waals surface area (Å²) in [4.78, 5) is 11.5. The van der Waals surface area contributed by atoms with E-state index in [0.29, 0.717) is 19.1 Å². The maximum atomic E-state index is 11.5. The second-order valence-corrected chi connectivity index (χ2v) is 4.62. The molecular formula is C12H24N2O3. The van der Waals surface area contributed by atoms with Crippen molar-refractivity contribution in [3.63, 3.8) is 0 Å². The number of rotatable bonds is 7. The molecule has 1 unspecified atom stereocenters. The van der Waals surface area contributed by atoms with E-state index < -0.39 is 0 Å². The van der Waals surface area contributed by atoms with Gasteiger partial charge in [-0.05, 0) is 31.8 Å². The van der Waals surface area contributed by atoms with Crippen LogP contribution >= 0.6 is 0 Å². The zero-order valence-electron chi connectivity index (χ0n) is 10.8. The van der Waals surface area contributed by atoms with Gasteiger partial charge in [-0.3, -0.25) is 4.79 Å². The molecule has 1 fully saturated rings. The molecule has 1 saturated heterocycles. The molecular weight excluding hydrogens is 220 g/mol. The molecule has 0 saturated carbocycles. The van der Waals surface area contributed by atoms with Gasteiger partial charge in [-0.15, -0.1) is 0 Å². The van der Waals surface area contributed by atoms with Gasteiger partial charge >= 0.3 is 0 Å². The molecule has 0 radical (unpaired) electrons. The highest BCUT2D eigenvalue weighted by atomic mass is 16.5. The highest BCUT2D eigenvalue weighted by Crippen LogP contribution is 2.06. The van der Waals surface area contributed by atoms with Crippen LogP contribution in [0.1, 0.15) is 19.8 Å². The van der Waals surface area contributed by atoms with Crippen molar-refractivity contribution in [2.24, 2.45) is 5.92 Å². The molecule has 0 spiro atoms. The third-order valence-corrected chi connectivity index (χ3v) is 2.84. The van der Waals surface area contributed by atoms with Crippen molar-refractivity contribution in [3.8, 4) is 0 Å². The minimum absolute atomic E-state index is 0.0357. The largest absolute Gasteiger partial charge is 0.384 e. The van der Waals surface area contributed by atoms with E-state index in [1.807, 2.05) is 6.92 Å². The first-order chi connectivity index (χ1) is 8.22. The van der Waals surface area contributed by atoms with Crippen LogP contribution in [0.3, 0.4) is 0 Å². The van der Waals surface area contributed by atoms with E-state index in [-0.39, 0.29) is 18.6 Å². The Labute approximate surface area is 103 Å². The number of ether oxygens (including phenoxy) is 2. The lowest BCUT2D eigenvalue weighted by Crippen LogP contribution is -2.37. The van der Waals surface area contributed by atoms with Gasteiger partial charge in [0.05, 0.1) is 12.7 Å². The van der Waals surface area contributed by atoms with Crippen LogP contribution in [0.25, 0.3) is 0 Å². The monoisotopic (exact) mass is 244 g/mol. The zero-order valence-corrected chi connectivity index (χ0v) is 10.8. The molecule has 1 atom stereocenters. The van der Waals surface area contributed by atoms with E-state index in [2.05, 4.69) is 10.6 Å². The number of amides is 1. The van der Waals surface area contributed by atoms with E-state index in [1.165, 1.54) is 0 Å². The SMILES string of the molecule is COCC(C)CNC(=O)COC1CCNCC1. The van der Waals surface area contributed by atoms with E-state index in [4.69, 9.17) is 9.47 Å². The summed E-state index contributed by atoms with van der Waals surface area (Å²) in [6.07, 6.45) is 2.22. The molecule has 1 amide bonds. The Bertz CT molecular complexity index is 218. The van der Waals surface area contributed by atoms with Crippen LogP contribution in [0, 0.1) is 5.92 Å². The lowest BCUT2D eigenvalue weighted by atomic mass is 10.1. The number of carbonyl (C=O) groups is 1. The third kappa shape index (κ3) is 6.61. The molecule has 1 aliphatic heterocycles. The van der Waals surface area contributed by atoms with Crippen LogP contribution < -0.4 is 10.6 Å². The minimum Gasteiger partial charge on any atom is -0.384 e. The predicted octanol–water partition coefficient (Wildman–Crippen LogP) is 0.154. The maximum absolute atomic E-state index is 11.5. The van der Waals surface area contributed by atoms with Crippen LogP contribution in [0.2, 0.25) is 0 Å². The van der Waals surface area contributed by atoms with Crippen LogP contribution in [0.4, 0.5) is 0 Å². The molecule has 5 heteroatoms. The topological polar surface area (TPSA) is 59.6 Å². The summed E-state index contributed by atoms with van der Waals surface area (Å²) < 4.78 is 10.6. The Balaban J connectivity index is 2.04. The Morgan fingerprint density at radius 2 is 2.18 bits per heavy atom. The van der Waals surface area contributed by atoms with Gasteiger partial charge in [0, 0.05) is 13.7 Å². The predicted molar refractivity (Wildman–Crippen MR) is 65.9 cm³/mol. The maximum Gasteiger partial charge on any atom is 0.246 e. The van der Waals surface area contributed by atoms with E-state index in [1.54, 1.807) is 7.11 Å². The van der Waals surface area contributed by atoms with Gasteiger partial charge < -0.3 is 20.1 Å². The van der Waals surface area contributed by atoms with E-state index in [9.17, 15) is 4.79 Å². The number of methoxy groups -OCH3 is 1. The Hall–Kier alpha value is -0.650. The molecule has 0 aromatic heterocycles. The van der Waals surface area contributed by atoms with Crippen LogP contribution in [0.5, 0.6) is 0 Å². The fraction of sp³-hybridized carbons (Fsp3) is 0.917. The molecule has 1 heterocycles. The van der Waals surface area contributed by atoms with Crippen molar-refractivity contribution in [1.29, 1.82) is 0 Å². The third-order valence-electron chi connectivity index (χ3n) is 2.84. The number of hydrogen-bond acceptors (Lipinski definition) is 4. The molecule has 0 aromatic rings. The lowest BCUT2D eigenvalue weighted by Gasteiger charge is -2.22. The quantitative estimate of drug-likeness (QED) is 0.669. The summed E-state index contributed by atoms with van der Waals surface area (Å²) >= 11 is 0. The fourth-order valence-electron chi connectivity index (χ4n) is 1.84. The fourth-order valence-corrected chi connectivity index (χ4v) is 1.84. The smallest absolute Gasteiger partial charge is 0.246 e. The molecule has 100 valence electrons. The molecule has 0 aliphatic carbocycles. The van der Waals surface area contributed by atoms with Crippen molar-refractivity contribution < 1.29 is 14.3 Å². The molecule has 5 nitrogen and oxygen atoms in total. The zero-order chi connectivity index (χ0) is 12.5. The molecule has 2 N–H and O–H groups in total. The van der Waals surface area contributed by atoms with E-state index in [0.717, 1.165) is 25.9 Å². The molecule has 0 aromatic carbocycles. The standard InChI is InChI=1S/C12H24N2O3/c1-10(8-16-2)7-14-12(15)9-17-11-3-5-13-6-4-11/h10-11,13H,3-9H2,1-2H3,(H,14,15). The highest BCUT2D eigenvalue weighted by molar-refractivity contribution is 5.77. The summed E-state index contributed by atoms with van der Waals surface area (Å²) in [5.41, 5.74) is 0. The summed E-state index contributed by atoms with van der Waals surface area (Å²) in [7, 11) is 1.67. The second-order valence-electron chi connectivity index (χ2n) is 4.62. The number of carbonyl (C=O) groups excluding carboxylic acids is 1. The van der Waals surface area contributed by atoms with Gasteiger partial charge in [0.15, 0.2) is 0 Å². The minimum atomic E-state index is -0.0357. The average molecular weight is 244 g/mol. The summed E-state index contributed by atoms with van der Waals surface area (Å²) in [5, 5.41) is 6.11. The van der Waals surface area contributed by atoms with Crippen LogP contribution in [0.15, 0.2) is 0 Å². The average Bonchev–Trinajstić information content (AvgIpc) is 2.35. The molecule has 1 aliphatic rings. The first kappa shape index (κ1) is 14.4. The van der Waals surface area contributed by atoms with Crippen molar-refractivity contribution in [3.05, 3.63) is 0 Å². The molecule has 1 rings (SSSR count). The van der Waals surface area contributed by atoms with Gasteiger partial charge in [0.25, 0.3) is 0 Å². The van der Waals surface area contributed by atoms with Crippen LogP contribution in [-0.2, 0) is 14.3 Å². The highest BCUT2D eigenvalue weighted by Gasteiger charge is 2.14. The molecule has 0 bridgehead atoms. The van der Waals surface area contributed by atoms with Gasteiger partial charge in [-0.25, -0.2) is 0 Å². The first-order valence-corrected chi connectivity index (χ1v) is 6.30. The lowest BCUT2D eigenvalue weighted by molar-refractivity contribution is -0.128. The second kappa shape index (κ2) is 8.44. The van der Waals surface area contributed by atoms with Crippen molar-refractivity contribution in [2.75, 3.05) is 40.0 Å². The number of piperidine rings is 1. The van der Waals surface area contributed by atoms with Crippen molar-refractivity contribution in [2.45, 2.75) is 25.9 Å². The van der Waals surface area contributed by atoms with Crippen LogP contribution in [-0.4, -0.2) is 52.0 Å². The van der Waals surface area contributed by atoms with Crippen molar-refractivity contribution in [1.82, 2.24) is 10.6 Å². The van der Waals surface area contributed by atoms with Gasteiger partial charge in [-0.2, -0.15) is 0 Å². The van der Waals surface area contributed by atoms with Crippen molar-refractivity contribution >= 4 is 5.91 Å². The normalized spacial score (nSPS) is 18.9. The summed E-state index contributed by atoms with van der Waals surface area (Å²) in [6, 6.07) is 0. The van der Waals surface area contributed by atoms with Gasteiger partial charge in [0.1, 0.15) is 6.61 Å². The molecule has 17 heavy (non-hydrogen) atoms. The van der Waals surface area contributed by atoms with Gasteiger partial charge in [-0.1, -0.05) is 6.92 Å². The number of nitrogens with one attached hydrogen (secondary N) is 2. The van der Waals surface area contributed by atoms with E-state index >= 15 is 0 Å². The Morgan fingerprint density at radius 3 is 2.82 bits per heavy atom. The first-order valence-electron chi connectivity index (χ1n) is 6.30. The Morgan fingerprint density at radius 1 is 1.47 bits per heavy atom.